The minimum absolute atomic E-state index is 0.124. The normalized spacial score (nSPS) is 11.1. The summed E-state index contributed by atoms with van der Waals surface area (Å²) in [6.07, 6.45) is 3.57. The van der Waals surface area contributed by atoms with Gasteiger partial charge in [0.2, 0.25) is 0 Å². The number of nitrogens with zero attached hydrogens (tertiary/aromatic N) is 2. The van der Waals surface area contributed by atoms with Crippen LogP contribution in [0.2, 0.25) is 0 Å². The zero-order chi connectivity index (χ0) is 16.0. The van der Waals surface area contributed by atoms with E-state index in [4.69, 9.17) is 5.73 Å². The van der Waals surface area contributed by atoms with E-state index in [1.54, 1.807) is 0 Å². The van der Waals surface area contributed by atoms with Gasteiger partial charge in [0.05, 0.1) is 11.3 Å². The van der Waals surface area contributed by atoms with E-state index >= 15 is 0 Å². The number of aromatic nitrogens is 1. The fraction of sp³-hybridized carbons (Fsp3) is 0.625. The number of carboxylic acids is 1. The quantitative estimate of drug-likeness (QED) is 0.769. The predicted molar refractivity (Wildman–Crippen MR) is 86.7 cm³/mol. The van der Waals surface area contributed by atoms with Crippen molar-refractivity contribution in [3.63, 3.8) is 0 Å². The molecule has 0 radical (unpaired) electrons. The molecule has 0 aromatic carbocycles. The summed E-state index contributed by atoms with van der Waals surface area (Å²) in [5.41, 5.74) is 6.40. The number of nitrogen functional groups attached to an aromatic ring is 1. The van der Waals surface area contributed by atoms with Gasteiger partial charge in [-0.1, -0.05) is 27.7 Å². The standard InChI is InChI=1S/C16H27N3O2/c1-11(2)6-9-19(10-7-12(3)4)15-14(17)13(16(20)21)5-8-18-15/h5,8,11-12H,6-7,9-10,17H2,1-4H3,(H,20,21). The predicted octanol–water partition coefficient (Wildman–Crippen LogP) is 3.26. The SMILES string of the molecule is CC(C)CCN(CCC(C)C)c1nccc(C(=O)O)c1N. The highest BCUT2D eigenvalue weighted by atomic mass is 16.4. The summed E-state index contributed by atoms with van der Waals surface area (Å²) in [4.78, 5) is 17.6. The van der Waals surface area contributed by atoms with E-state index in [-0.39, 0.29) is 11.3 Å². The van der Waals surface area contributed by atoms with Crippen LogP contribution in [0.5, 0.6) is 0 Å². The van der Waals surface area contributed by atoms with Gasteiger partial charge in [0.15, 0.2) is 5.82 Å². The maximum Gasteiger partial charge on any atom is 0.337 e. The van der Waals surface area contributed by atoms with E-state index in [1.807, 2.05) is 0 Å². The van der Waals surface area contributed by atoms with Gasteiger partial charge in [-0.15, -0.1) is 0 Å². The van der Waals surface area contributed by atoms with Crippen molar-refractivity contribution in [3.05, 3.63) is 17.8 Å². The number of aromatic carboxylic acids is 1. The van der Waals surface area contributed by atoms with Gasteiger partial charge in [0, 0.05) is 19.3 Å². The van der Waals surface area contributed by atoms with E-state index in [2.05, 4.69) is 37.6 Å². The molecule has 0 aliphatic rings. The first-order valence-corrected chi connectivity index (χ1v) is 7.55. The molecule has 0 aliphatic carbocycles. The largest absolute Gasteiger partial charge is 0.478 e. The summed E-state index contributed by atoms with van der Waals surface area (Å²) in [5, 5.41) is 9.18. The number of carboxylic acid groups (broad SMARTS) is 1. The summed E-state index contributed by atoms with van der Waals surface area (Å²) in [5.74, 6) is 0.742. The summed E-state index contributed by atoms with van der Waals surface area (Å²) in [6, 6.07) is 1.45. The molecule has 1 rings (SSSR count). The van der Waals surface area contributed by atoms with Crippen LogP contribution in [0.1, 0.15) is 50.9 Å². The molecule has 118 valence electrons. The molecule has 0 amide bonds. The Labute approximate surface area is 127 Å². The molecule has 5 nitrogen and oxygen atoms in total. The lowest BCUT2D eigenvalue weighted by atomic mass is 10.1. The van der Waals surface area contributed by atoms with Crippen LogP contribution in [-0.2, 0) is 0 Å². The van der Waals surface area contributed by atoms with Crippen LogP contribution in [0.3, 0.4) is 0 Å². The lowest BCUT2D eigenvalue weighted by molar-refractivity contribution is 0.0698. The Morgan fingerprint density at radius 3 is 2.19 bits per heavy atom. The Kier molecular flexibility index (Phi) is 6.46. The molecule has 0 spiro atoms. The van der Waals surface area contributed by atoms with Crippen molar-refractivity contribution < 1.29 is 9.90 Å². The second-order valence-electron chi connectivity index (χ2n) is 6.25. The molecule has 0 bridgehead atoms. The van der Waals surface area contributed by atoms with Crippen LogP contribution in [-0.4, -0.2) is 29.1 Å². The molecule has 1 heterocycles. The van der Waals surface area contributed by atoms with Crippen molar-refractivity contribution >= 4 is 17.5 Å². The maximum atomic E-state index is 11.2. The molecular formula is C16H27N3O2. The summed E-state index contributed by atoms with van der Waals surface area (Å²) < 4.78 is 0. The minimum atomic E-state index is -1.01. The molecule has 0 atom stereocenters. The highest BCUT2D eigenvalue weighted by molar-refractivity contribution is 5.96. The third-order valence-electron chi connectivity index (χ3n) is 3.45. The number of hydrogen-bond donors (Lipinski definition) is 2. The van der Waals surface area contributed by atoms with E-state index in [1.165, 1.54) is 12.3 Å². The molecule has 1 aromatic heterocycles. The maximum absolute atomic E-state index is 11.2. The fourth-order valence-electron chi connectivity index (χ4n) is 2.05. The van der Waals surface area contributed by atoms with Gasteiger partial charge >= 0.3 is 5.97 Å². The molecule has 21 heavy (non-hydrogen) atoms. The molecule has 1 aromatic rings. The summed E-state index contributed by atoms with van der Waals surface area (Å²) >= 11 is 0. The Morgan fingerprint density at radius 2 is 1.76 bits per heavy atom. The number of carbonyl (C=O) groups is 1. The van der Waals surface area contributed by atoms with Gasteiger partial charge in [0.25, 0.3) is 0 Å². The Balaban J connectivity index is 3.00. The van der Waals surface area contributed by atoms with Crippen LogP contribution in [0.4, 0.5) is 11.5 Å². The number of hydrogen-bond acceptors (Lipinski definition) is 4. The van der Waals surface area contributed by atoms with Gasteiger partial charge in [-0.3, -0.25) is 0 Å². The smallest absolute Gasteiger partial charge is 0.337 e. The Morgan fingerprint density at radius 1 is 1.24 bits per heavy atom. The zero-order valence-electron chi connectivity index (χ0n) is 13.5. The highest BCUT2D eigenvalue weighted by Gasteiger charge is 2.17. The van der Waals surface area contributed by atoms with Crippen molar-refractivity contribution in [2.24, 2.45) is 11.8 Å². The van der Waals surface area contributed by atoms with Gasteiger partial charge in [-0.2, -0.15) is 0 Å². The van der Waals surface area contributed by atoms with Crippen molar-refractivity contribution in [2.45, 2.75) is 40.5 Å². The minimum Gasteiger partial charge on any atom is -0.478 e. The van der Waals surface area contributed by atoms with Crippen LogP contribution in [0.15, 0.2) is 12.3 Å². The molecule has 0 saturated heterocycles. The first kappa shape index (κ1) is 17.3. The van der Waals surface area contributed by atoms with Crippen molar-refractivity contribution in [1.82, 2.24) is 4.98 Å². The second-order valence-corrected chi connectivity index (χ2v) is 6.25. The van der Waals surface area contributed by atoms with Crippen LogP contribution in [0.25, 0.3) is 0 Å². The van der Waals surface area contributed by atoms with Crippen molar-refractivity contribution in [2.75, 3.05) is 23.7 Å². The molecular weight excluding hydrogens is 266 g/mol. The van der Waals surface area contributed by atoms with Gasteiger partial charge in [-0.25, -0.2) is 9.78 Å². The molecule has 5 heteroatoms. The lowest BCUT2D eigenvalue weighted by Crippen LogP contribution is -2.29. The monoisotopic (exact) mass is 293 g/mol. The third-order valence-corrected chi connectivity index (χ3v) is 3.45. The zero-order valence-corrected chi connectivity index (χ0v) is 13.5. The average Bonchev–Trinajstić information content (AvgIpc) is 2.39. The number of nitrogens with two attached hydrogens (primary N) is 1. The summed E-state index contributed by atoms with van der Waals surface area (Å²) in [6.45, 7) is 10.4. The molecule has 0 saturated carbocycles. The molecule has 0 aliphatic heterocycles. The van der Waals surface area contributed by atoms with Gasteiger partial charge < -0.3 is 15.7 Å². The fourth-order valence-corrected chi connectivity index (χ4v) is 2.05. The molecule has 0 fully saturated rings. The van der Waals surface area contributed by atoms with E-state index in [0.29, 0.717) is 17.7 Å². The number of anilines is 2. The lowest BCUT2D eigenvalue weighted by Gasteiger charge is -2.27. The van der Waals surface area contributed by atoms with E-state index in [9.17, 15) is 9.90 Å². The van der Waals surface area contributed by atoms with Crippen LogP contribution < -0.4 is 10.6 Å². The number of rotatable bonds is 8. The van der Waals surface area contributed by atoms with Crippen molar-refractivity contribution in [3.8, 4) is 0 Å². The number of pyridine rings is 1. The van der Waals surface area contributed by atoms with Crippen LogP contribution in [0, 0.1) is 11.8 Å². The summed E-state index contributed by atoms with van der Waals surface area (Å²) in [7, 11) is 0. The van der Waals surface area contributed by atoms with Crippen molar-refractivity contribution in [1.29, 1.82) is 0 Å². The van der Waals surface area contributed by atoms with Gasteiger partial charge in [-0.05, 0) is 30.7 Å². The first-order chi connectivity index (χ1) is 9.82. The third kappa shape index (κ3) is 5.25. The molecule has 0 unspecified atom stereocenters. The van der Waals surface area contributed by atoms with Gasteiger partial charge in [0.1, 0.15) is 0 Å². The first-order valence-electron chi connectivity index (χ1n) is 7.55. The second kappa shape index (κ2) is 7.86. The topological polar surface area (TPSA) is 79.5 Å². The van der Waals surface area contributed by atoms with E-state index < -0.39 is 5.97 Å². The average molecular weight is 293 g/mol. The van der Waals surface area contributed by atoms with Crippen LogP contribution >= 0.6 is 0 Å². The Bertz CT molecular complexity index is 461. The van der Waals surface area contributed by atoms with E-state index in [0.717, 1.165) is 25.9 Å². The molecule has 3 N–H and O–H groups in total. The Hall–Kier alpha value is -1.78. The highest BCUT2D eigenvalue weighted by Crippen LogP contribution is 2.25.